The summed E-state index contributed by atoms with van der Waals surface area (Å²) >= 11 is 0. The summed E-state index contributed by atoms with van der Waals surface area (Å²) in [4.78, 5) is 19.9. The van der Waals surface area contributed by atoms with Gasteiger partial charge >= 0.3 is 5.97 Å². The first kappa shape index (κ1) is 7.21. The highest BCUT2D eigenvalue weighted by Gasteiger charge is 2.44. The van der Waals surface area contributed by atoms with Crippen molar-refractivity contribution in [2.45, 2.75) is 12.5 Å². The molecule has 1 fully saturated rings. The van der Waals surface area contributed by atoms with Gasteiger partial charge in [-0.15, -0.1) is 0 Å². The molecule has 10 heavy (non-hydrogen) atoms. The molecule has 0 aromatic rings. The monoisotopic (exact) mass is 144 g/mol. The molecule has 0 amide bonds. The Morgan fingerprint density at radius 3 is 2.90 bits per heavy atom. The molecule has 0 heterocycles. The number of carboxylic acid groups (broad SMARTS) is 1. The van der Waals surface area contributed by atoms with Crippen molar-refractivity contribution >= 4 is 12.3 Å². The number of aliphatic carboxylic acids is 1. The Kier molecular flexibility index (Phi) is 2.01. The van der Waals surface area contributed by atoms with Gasteiger partial charge in [-0.05, 0) is 6.42 Å². The van der Waals surface area contributed by atoms with Crippen LogP contribution in [0.4, 0.5) is 0 Å². The molecule has 2 unspecified atom stereocenters. The van der Waals surface area contributed by atoms with Crippen LogP contribution < -0.4 is 0 Å². The van der Waals surface area contributed by atoms with Gasteiger partial charge in [-0.2, -0.15) is 0 Å². The number of rotatable bonds is 4. The lowest BCUT2D eigenvalue weighted by molar-refractivity contribution is -0.139. The molecule has 0 radical (unpaired) electrons. The van der Waals surface area contributed by atoms with Crippen LogP contribution in [0.15, 0.2) is 0 Å². The van der Waals surface area contributed by atoms with Gasteiger partial charge in [-0.25, -0.2) is 0 Å². The van der Waals surface area contributed by atoms with Crippen LogP contribution in [0.25, 0.3) is 0 Å². The summed E-state index contributed by atoms with van der Waals surface area (Å²) in [6, 6.07) is 0. The van der Waals surface area contributed by atoms with Gasteiger partial charge in [-0.1, -0.05) is 0 Å². The van der Waals surface area contributed by atoms with E-state index >= 15 is 0 Å². The number of ether oxygens (including phenoxy) is 1. The van der Waals surface area contributed by atoms with Crippen molar-refractivity contribution in [3.05, 3.63) is 0 Å². The number of aldehydes is 1. The molecule has 4 nitrogen and oxygen atoms in total. The van der Waals surface area contributed by atoms with E-state index in [2.05, 4.69) is 0 Å². The summed E-state index contributed by atoms with van der Waals surface area (Å²) in [6.07, 6.45) is 0.947. The van der Waals surface area contributed by atoms with Gasteiger partial charge < -0.3 is 14.6 Å². The third-order valence-electron chi connectivity index (χ3n) is 1.43. The molecule has 1 N–H and O–H groups in total. The van der Waals surface area contributed by atoms with Gasteiger partial charge in [0.2, 0.25) is 0 Å². The first-order valence-corrected chi connectivity index (χ1v) is 3.03. The number of carbonyl (C=O) groups excluding carboxylic acids is 1. The summed E-state index contributed by atoms with van der Waals surface area (Å²) in [5, 5.41) is 8.35. The fourth-order valence-electron chi connectivity index (χ4n) is 0.779. The molecule has 0 spiro atoms. The molecule has 4 heteroatoms. The molecule has 0 aliphatic heterocycles. The molecule has 1 aliphatic carbocycles. The summed E-state index contributed by atoms with van der Waals surface area (Å²) in [5.74, 6) is -1.21. The number of carbonyl (C=O) groups is 2. The van der Waals surface area contributed by atoms with Crippen LogP contribution in [0.1, 0.15) is 6.42 Å². The Balaban J connectivity index is 2.13. The number of hydrogen-bond acceptors (Lipinski definition) is 3. The third kappa shape index (κ3) is 1.54. The van der Waals surface area contributed by atoms with Crippen molar-refractivity contribution in [1.82, 2.24) is 0 Å². The SMILES string of the molecule is O=CCOC1CC1C(=O)O. The Morgan fingerprint density at radius 1 is 1.80 bits per heavy atom. The summed E-state index contributed by atoms with van der Waals surface area (Å²) in [7, 11) is 0. The standard InChI is InChI=1S/C6H8O4/c7-1-2-10-5-3-4(5)6(8)9/h1,4-5H,2-3H2,(H,8,9). The second-order valence-corrected chi connectivity index (χ2v) is 2.22. The van der Waals surface area contributed by atoms with Crippen LogP contribution in [-0.2, 0) is 14.3 Å². The van der Waals surface area contributed by atoms with E-state index in [0.717, 1.165) is 0 Å². The van der Waals surface area contributed by atoms with E-state index in [1.807, 2.05) is 0 Å². The van der Waals surface area contributed by atoms with Crippen LogP contribution >= 0.6 is 0 Å². The second-order valence-electron chi connectivity index (χ2n) is 2.22. The van der Waals surface area contributed by atoms with Crippen molar-refractivity contribution < 1.29 is 19.4 Å². The Hall–Kier alpha value is -0.900. The van der Waals surface area contributed by atoms with Gasteiger partial charge in [0, 0.05) is 0 Å². The highest BCUT2D eigenvalue weighted by atomic mass is 16.5. The minimum absolute atomic E-state index is 0.00838. The fourth-order valence-corrected chi connectivity index (χ4v) is 0.779. The zero-order valence-corrected chi connectivity index (χ0v) is 5.32. The lowest BCUT2D eigenvalue weighted by Crippen LogP contribution is -2.06. The van der Waals surface area contributed by atoms with E-state index in [-0.39, 0.29) is 18.6 Å². The van der Waals surface area contributed by atoms with Crippen molar-refractivity contribution in [3.63, 3.8) is 0 Å². The molecule has 2 atom stereocenters. The highest BCUT2D eigenvalue weighted by Crippen LogP contribution is 2.33. The molecule has 1 aliphatic rings. The minimum atomic E-state index is -0.837. The molecular weight excluding hydrogens is 136 g/mol. The van der Waals surface area contributed by atoms with E-state index in [4.69, 9.17) is 9.84 Å². The van der Waals surface area contributed by atoms with Gasteiger partial charge in [0.15, 0.2) is 0 Å². The van der Waals surface area contributed by atoms with Crippen molar-refractivity contribution in [2.24, 2.45) is 5.92 Å². The van der Waals surface area contributed by atoms with Gasteiger partial charge in [-0.3, -0.25) is 4.79 Å². The zero-order valence-electron chi connectivity index (χ0n) is 5.32. The summed E-state index contributed by atoms with van der Waals surface area (Å²) < 4.78 is 4.83. The molecule has 0 aromatic heterocycles. The maximum absolute atomic E-state index is 10.2. The van der Waals surface area contributed by atoms with E-state index in [1.165, 1.54) is 0 Å². The maximum Gasteiger partial charge on any atom is 0.309 e. The summed E-state index contributed by atoms with van der Waals surface area (Å²) in [5.41, 5.74) is 0. The van der Waals surface area contributed by atoms with E-state index < -0.39 is 5.97 Å². The topological polar surface area (TPSA) is 63.6 Å². The van der Waals surface area contributed by atoms with Crippen molar-refractivity contribution in [1.29, 1.82) is 0 Å². The molecule has 1 rings (SSSR count). The first-order chi connectivity index (χ1) is 4.75. The predicted molar refractivity (Wildman–Crippen MR) is 31.5 cm³/mol. The Labute approximate surface area is 57.8 Å². The Morgan fingerprint density at radius 2 is 2.50 bits per heavy atom. The largest absolute Gasteiger partial charge is 0.481 e. The van der Waals surface area contributed by atoms with Crippen molar-refractivity contribution in [3.8, 4) is 0 Å². The molecule has 0 aromatic carbocycles. The van der Waals surface area contributed by atoms with E-state index in [9.17, 15) is 9.59 Å². The minimum Gasteiger partial charge on any atom is -0.481 e. The lowest BCUT2D eigenvalue weighted by atomic mass is 10.4. The van der Waals surface area contributed by atoms with Crippen LogP contribution in [0, 0.1) is 5.92 Å². The highest BCUT2D eigenvalue weighted by molar-refractivity contribution is 5.74. The second kappa shape index (κ2) is 2.79. The van der Waals surface area contributed by atoms with Crippen LogP contribution in [0.5, 0.6) is 0 Å². The predicted octanol–water partition coefficient (Wildman–Crippen LogP) is -0.325. The summed E-state index contributed by atoms with van der Waals surface area (Å²) in [6.45, 7) is 0.00838. The number of hydrogen-bond donors (Lipinski definition) is 1. The van der Waals surface area contributed by atoms with Crippen LogP contribution in [0.2, 0.25) is 0 Å². The lowest BCUT2D eigenvalue weighted by Gasteiger charge is -1.93. The quantitative estimate of drug-likeness (QED) is 0.549. The van der Waals surface area contributed by atoms with E-state index in [0.29, 0.717) is 12.7 Å². The average Bonchev–Trinajstić information content (AvgIpc) is 2.62. The van der Waals surface area contributed by atoms with E-state index in [1.54, 1.807) is 0 Å². The molecular formula is C6H8O4. The third-order valence-corrected chi connectivity index (χ3v) is 1.43. The van der Waals surface area contributed by atoms with Crippen LogP contribution in [0.3, 0.4) is 0 Å². The van der Waals surface area contributed by atoms with Crippen LogP contribution in [-0.4, -0.2) is 30.1 Å². The molecule has 56 valence electrons. The van der Waals surface area contributed by atoms with Gasteiger partial charge in [0.25, 0.3) is 0 Å². The average molecular weight is 144 g/mol. The smallest absolute Gasteiger partial charge is 0.309 e. The fraction of sp³-hybridized carbons (Fsp3) is 0.667. The van der Waals surface area contributed by atoms with Gasteiger partial charge in [0.05, 0.1) is 12.0 Å². The van der Waals surface area contributed by atoms with Gasteiger partial charge in [0.1, 0.15) is 12.9 Å². The maximum atomic E-state index is 10.2. The van der Waals surface area contributed by atoms with Crippen molar-refractivity contribution in [2.75, 3.05) is 6.61 Å². The number of carboxylic acids is 1. The normalized spacial score (nSPS) is 29.6. The molecule has 0 bridgehead atoms. The Bertz CT molecular complexity index is 154. The zero-order chi connectivity index (χ0) is 7.56. The molecule has 1 saturated carbocycles. The molecule has 0 saturated heterocycles. The first-order valence-electron chi connectivity index (χ1n) is 3.03.